The van der Waals surface area contributed by atoms with Crippen molar-refractivity contribution >= 4 is 17.3 Å². The monoisotopic (exact) mass is 180 g/mol. The summed E-state index contributed by atoms with van der Waals surface area (Å²) in [5.74, 6) is 0. The molecule has 0 spiro atoms. The molecule has 12 heavy (non-hydrogen) atoms. The summed E-state index contributed by atoms with van der Waals surface area (Å²) in [5, 5.41) is 11.0. The predicted octanol–water partition coefficient (Wildman–Crippen LogP) is 2.23. The lowest BCUT2D eigenvalue weighted by Crippen LogP contribution is -2.11. The summed E-state index contributed by atoms with van der Waals surface area (Å²) in [6.07, 6.45) is 0. The van der Waals surface area contributed by atoms with Crippen molar-refractivity contribution in [1.82, 2.24) is 0 Å². The maximum absolute atomic E-state index is 8.39. The third kappa shape index (κ3) is 2.81. The van der Waals surface area contributed by atoms with E-state index in [-0.39, 0.29) is 0 Å². The number of hydrogen-bond acceptors (Lipinski definition) is 2. The van der Waals surface area contributed by atoms with Crippen LogP contribution in [0.25, 0.3) is 0 Å². The van der Waals surface area contributed by atoms with Crippen LogP contribution in [0.2, 0.25) is 0 Å². The largest absolute Gasteiger partial charge is 0.382 e. The minimum atomic E-state index is -0.467. The van der Waals surface area contributed by atoms with Gasteiger partial charge in [-0.05, 0) is 12.1 Å². The van der Waals surface area contributed by atoms with Gasteiger partial charge in [0, 0.05) is 12.2 Å². The van der Waals surface area contributed by atoms with E-state index >= 15 is 0 Å². The van der Waals surface area contributed by atoms with Crippen molar-refractivity contribution in [2.75, 3.05) is 11.9 Å². The molecule has 1 atom stereocenters. The number of para-hydroxylation sites is 1. The smallest absolute Gasteiger partial charge is 0.137 e. The molecule has 0 unspecified atom stereocenters. The quantitative estimate of drug-likeness (QED) is 0.725. The second kappa shape index (κ2) is 4.63. The van der Waals surface area contributed by atoms with E-state index in [9.17, 15) is 0 Å². The first-order chi connectivity index (χ1) is 5.83. The first-order valence-corrected chi connectivity index (χ1v) is 4.09. The number of alkyl halides is 1. The fraction of sp³-hybridized carbons (Fsp3) is 0.222. The number of nitrogens with one attached hydrogen (secondary N) is 1. The van der Waals surface area contributed by atoms with Crippen LogP contribution in [-0.2, 0) is 0 Å². The molecule has 0 aromatic heterocycles. The van der Waals surface area contributed by atoms with Crippen LogP contribution in [0.3, 0.4) is 0 Å². The van der Waals surface area contributed by atoms with Crippen molar-refractivity contribution in [2.45, 2.75) is 5.38 Å². The fourth-order valence-electron chi connectivity index (χ4n) is 0.809. The second-order valence-corrected chi connectivity index (χ2v) is 2.87. The Morgan fingerprint density at radius 1 is 1.42 bits per heavy atom. The number of rotatable bonds is 3. The van der Waals surface area contributed by atoms with Crippen molar-refractivity contribution in [2.24, 2.45) is 0 Å². The zero-order chi connectivity index (χ0) is 8.81. The van der Waals surface area contributed by atoms with Gasteiger partial charge in [0.1, 0.15) is 5.38 Å². The number of benzene rings is 1. The molecule has 1 aromatic rings. The molecule has 2 nitrogen and oxygen atoms in total. The van der Waals surface area contributed by atoms with Crippen LogP contribution >= 0.6 is 11.6 Å². The van der Waals surface area contributed by atoms with Crippen LogP contribution in [0.15, 0.2) is 30.3 Å². The summed E-state index contributed by atoms with van der Waals surface area (Å²) in [7, 11) is 0. The summed E-state index contributed by atoms with van der Waals surface area (Å²) in [5.41, 5.74) is 0.985. The molecule has 1 aromatic carbocycles. The van der Waals surface area contributed by atoms with Gasteiger partial charge < -0.3 is 5.32 Å². The lowest BCUT2D eigenvalue weighted by molar-refractivity contribution is 1.08. The van der Waals surface area contributed by atoms with Crippen molar-refractivity contribution in [3.8, 4) is 6.07 Å². The standard InChI is InChI=1S/C9H9ClN2/c10-8(6-11)7-12-9-4-2-1-3-5-9/h1-5,8,12H,7H2/t8-/m1/s1. The van der Waals surface area contributed by atoms with E-state index in [2.05, 4.69) is 5.32 Å². The molecule has 0 aliphatic carbocycles. The number of halogens is 1. The van der Waals surface area contributed by atoms with Gasteiger partial charge in [0.25, 0.3) is 0 Å². The summed E-state index contributed by atoms with van der Waals surface area (Å²) < 4.78 is 0. The molecule has 0 amide bonds. The third-order valence-electron chi connectivity index (χ3n) is 1.40. The normalized spacial score (nSPS) is 11.7. The minimum absolute atomic E-state index is 0.467. The molecule has 62 valence electrons. The number of anilines is 1. The Kier molecular flexibility index (Phi) is 3.43. The van der Waals surface area contributed by atoms with E-state index in [0.29, 0.717) is 6.54 Å². The Balaban J connectivity index is 2.40. The first kappa shape index (κ1) is 8.89. The maximum atomic E-state index is 8.39. The highest BCUT2D eigenvalue weighted by molar-refractivity contribution is 6.22. The summed E-state index contributed by atoms with van der Waals surface area (Å²) in [6, 6.07) is 11.6. The van der Waals surface area contributed by atoms with Gasteiger partial charge in [-0.2, -0.15) is 5.26 Å². The average Bonchev–Trinajstić information content (AvgIpc) is 2.16. The van der Waals surface area contributed by atoms with Gasteiger partial charge >= 0.3 is 0 Å². The molecule has 0 fully saturated rings. The van der Waals surface area contributed by atoms with Crippen molar-refractivity contribution < 1.29 is 0 Å². The van der Waals surface area contributed by atoms with Gasteiger partial charge in [-0.3, -0.25) is 0 Å². The zero-order valence-corrected chi connectivity index (χ0v) is 7.25. The van der Waals surface area contributed by atoms with Crippen LogP contribution in [0, 0.1) is 11.3 Å². The van der Waals surface area contributed by atoms with E-state index in [0.717, 1.165) is 5.69 Å². The molecule has 1 rings (SSSR count). The van der Waals surface area contributed by atoms with E-state index < -0.39 is 5.38 Å². The molecule has 0 bridgehead atoms. The number of hydrogen-bond donors (Lipinski definition) is 1. The second-order valence-electron chi connectivity index (χ2n) is 2.34. The van der Waals surface area contributed by atoms with Crippen LogP contribution in [0.5, 0.6) is 0 Å². The van der Waals surface area contributed by atoms with Crippen molar-refractivity contribution in [1.29, 1.82) is 5.26 Å². The molecule has 0 aliphatic rings. The molecular weight excluding hydrogens is 172 g/mol. The summed E-state index contributed by atoms with van der Waals surface area (Å²) in [6.45, 7) is 0.474. The summed E-state index contributed by atoms with van der Waals surface area (Å²) >= 11 is 5.59. The molecule has 0 radical (unpaired) electrons. The molecule has 0 saturated heterocycles. The van der Waals surface area contributed by atoms with Crippen molar-refractivity contribution in [3.63, 3.8) is 0 Å². The Morgan fingerprint density at radius 2 is 2.08 bits per heavy atom. The Bertz CT molecular complexity index is 266. The van der Waals surface area contributed by atoms with Crippen LogP contribution in [0.1, 0.15) is 0 Å². The lowest BCUT2D eigenvalue weighted by atomic mass is 10.3. The van der Waals surface area contributed by atoms with Gasteiger partial charge in [-0.25, -0.2) is 0 Å². The molecule has 3 heteroatoms. The average molecular weight is 181 g/mol. The van der Waals surface area contributed by atoms with Crippen LogP contribution in [-0.4, -0.2) is 11.9 Å². The molecule has 0 aliphatic heterocycles. The zero-order valence-electron chi connectivity index (χ0n) is 6.50. The minimum Gasteiger partial charge on any atom is -0.382 e. The third-order valence-corrected chi connectivity index (χ3v) is 1.65. The Hall–Kier alpha value is -1.20. The fourth-order valence-corrected chi connectivity index (χ4v) is 0.886. The Labute approximate surface area is 76.8 Å². The van der Waals surface area contributed by atoms with Gasteiger partial charge in [0.05, 0.1) is 6.07 Å². The summed E-state index contributed by atoms with van der Waals surface area (Å²) in [4.78, 5) is 0. The highest BCUT2D eigenvalue weighted by Gasteiger charge is 1.99. The number of nitrogens with zero attached hydrogens (tertiary/aromatic N) is 1. The molecule has 0 saturated carbocycles. The molecule has 0 heterocycles. The van der Waals surface area contributed by atoms with E-state index in [1.54, 1.807) is 0 Å². The topological polar surface area (TPSA) is 35.8 Å². The van der Waals surface area contributed by atoms with Gasteiger partial charge in [0.2, 0.25) is 0 Å². The highest BCUT2D eigenvalue weighted by atomic mass is 35.5. The van der Waals surface area contributed by atoms with Gasteiger partial charge in [-0.15, -0.1) is 11.6 Å². The maximum Gasteiger partial charge on any atom is 0.137 e. The van der Waals surface area contributed by atoms with E-state index in [1.807, 2.05) is 36.4 Å². The first-order valence-electron chi connectivity index (χ1n) is 3.65. The predicted molar refractivity (Wildman–Crippen MR) is 50.2 cm³/mol. The number of nitriles is 1. The Morgan fingerprint density at radius 3 is 2.67 bits per heavy atom. The SMILES string of the molecule is N#C[C@@H](Cl)CNc1ccccc1. The van der Waals surface area contributed by atoms with Crippen molar-refractivity contribution in [3.05, 3.63) is 30.3 Å². The van der Waals surface area contributed by atoms with Crippen LogP contribution < -0.4 is 5.32 Å². The van der Waals surface area contributed by atoms with E-state index in [4.69, 9.17) is 16.9 Å². The van der Waals surface area contributed by atoms with Crippen LogP contribution in [0.4, 0.5) is 5.69 Å². The molecule has 1 N–H and O–H groups in total. The molecular formula is C9H9ClN2. The lowest BCUT2D eigenvalue weighted by Gasteiger charge is -2.04. The highest BCUT2D eigenvalue weighted by Crippen LogP contribution is 2.05. The van der Waals surface area contributed by atoms with Gasteiger partial charge in [-0.1, -0.05) is 18.2 Å². The van der Waals surface area contributed by atoms with E-state index in [1.165, 1.54) is 0 Å². The van der Waals surface area contributed by atoms with Gasteiger partial charge in [0.15, 0.2) is 0 Å².